The van der Waals surface area contributed by atoms with Gasteiger partial charge < -0.3 is 0 Å². The molecule has 0 aromatic carbocycles. The first-order valence-electron chi connectivity index (χ1n) is 7.36. The Bertz CT molecular complexity index is 276. The van der Waals surface area contributed by atoms with Gasteiger partial charge >= 0.3 is 0 Å². The molecule has 1 aliphatic carbocycles. The van der Waals surface area contributed by atoms with Gasteiger partial charge in [-0.2, -0.15) is 0 Å². The Hall–Kier alpha value is -0.780. The van der Waals surface area contributed by atoms with Crippen molar-refractivity contribution in [3.05, 3.63) is 34.9 Å². The summed E-state index contributed by atoms with van der Waals surface area (Å²) < 4.78 is 0. The van der Waals surface area contributed by atoms with Gasteiger partial charge in [-0.25, -0.2) is 0 Å². The van der Waals surface area contributed by atoms with Crippen molar-refractivity contribution in [2.75, 3.05) is 0 Å². The summed E-state index contributed by atoms with van der Waals surface area (Å²) in [6.07, 6.45) is 14.7. The largest absolute Gasteiger partial charge is 0.0807 e. The molecule has 0 amide bonds. The first kappa shape index (κ1) is 16.2. The molecule has 0 atom stereocenters. The number of hydrogen-bond acceptors (Lipinski definition) is 0. The zero-order valence-electron chi connectivity index (χ0n) is 12.5. The Morgan fingerprint density at radius 3 is 2.35 bits per heavy atom. The number of hydrogen-bond donors (Lipinski definition) is 0. The van der Waals surface area contributed by atoms with Gasteiger partial charge in [0.05, 0.1) is 0 Å². The molecule has 0 radical (unpaired) electrons. The fourth-order valence-corrected chi connectivity index (χ4v) is 2.11. The average Bonchev–Trinajstić information content (AvgIpc) is 2.38. The van der Waals surface area contributed by atoms with E-state index in [0.29, 0.717) is 0 Å². The van der Waals surface area contributed by atoms with Crippen molar-refractivity contribution in [2.45, 2.75) is 73.1 Å². The highest BCUT2D eigenvalue weighted by Gasteiger charge is 2.07. The molecule has 0 aromatic heterocycles. The molecule has 17 heavy (non-hydrogen) atoms. The molecule has 0 fully saturated rings. The zero-order chi connectivity index (χ0) is 13.1. The van der Waals surface area contributed by atoms with Crippen LogP contribution in [0.25, 0.3) is 0 Å². The number of allylic oxidation sites excluding steroid dienone is 6. The van der Waals surface area contributed by atoms with E-state index in [1.807, 2.05) is 13.8 Å². The minimum Gasteiger partial charge on any atom is -0.0807 e. The maximum atomic E-state index is 2.44. The lowest BCUT2D eigenvalue weighted by Crippen LogP contribution is -1.95. The fraction of sp³-hybridized carbons (Fsp3) is 0.647. The predicted molar refractivity (Wildman–Crippen MR) is 80.3 cm³/mol. The molecule has 0 heterocycles. The van der Waals surface area contributed by atoms with Crippen LogP contribution in [0.1, 0.15) is 73.1 Å². The van der Waals surface area contributed by atoms with E-state index in [-0.39, 0.29) is 0 Å². The lowest BCUT2D eigenvalue weighted by Gasteiger charge is -2.15. The highest BCUT2D eigenvalue weighted by Crippen LogP contribution is 2.27. The Morgan fingerprint density at radius 1 is 1.18 bits per heavy atom. The summed E-state index contributed by atoms with van der Waals surface area (Å²) in [4.78, 5) is 0. The van der Waals surface area contributed by atoms with Gasteiger partial charge in [0.15, 0.2) is 0 Å². The normalized spacial score (nSPS) is 15.7. The second-order valence-electron chi connectivity index (χ2n) is 4.31. The topological polar surface area (TPSA) is 0 Å². The summed E-state index contributed by atoms with van der Waals surface area (Å²) in [5, 5.41) is 0. The number of rotatable bonds is 5. The molecule has 0 unspecified atom stereocenters. The number of unbranched alkanes of at least 4 members (excludes halogenated alkanes) is 2. The van der Waals surface area contributed by atoms with Crippen molar-refractivity contribution in [2.24, 2.45) is 0 Å². The Labute approximate surface area is 109 Å². The summed E-state index contributed by atoms with van der Waals surface area (Å²) in [5.74, 6) is 0. The van der Waals surface area contributed by atoms with Crippen molar-refractivity contribution < 1.29 is 0 Å². The van der Waals surface area contributed by atoms with Crippen LogP contribution >= 0.6 is 0 Å². The van der Waals surface area contributed by atoms with Gasteiger partial charge in [0, 0.05) is 0 Å². The monoisotopic (exact) mass is 234 g/mol. The summed E-state index contributed by atoms with van der Waals surface area (Å²) in [7, 11) is 0. The van der Waals surface area contributed by atoms with Crippen LogP contribution in [0.15, 0.2) is 34.9 Å². The van der Waals surface area contributed by atoms with Crippen LogP contribution < -0.4 is 0 Å². The van der Waals surface area contributed by atoms with Crippen LogP contribution in [-0.4, -0.2) is 0 Å². The molecule has 0 N–H and O–H groups in total. The Morgan fingerprint density at radius 2 is 1.82 bits per heavy atom. The highest BCUT2D eigenvalue weighted by atomic mass is 14.1. The molecule has 0 saturated heterocycles. The van der Waals surface area contributed by atoms with Crippen molar-refractivity contribution in [1.82, 2.24) is 0 Å². The predicted octanol–water partition coefficient (Wildman–Crippen LogP) is 6.21. The van der Waals surface area contributed by atoms with Gasteiger partial charge in [-0.3, -0.25) is 0 Å². The SMILES string of the molecule is CC.CCCC/C=C(\CC)C1=CCCC=C1C. The van der Waals surface area contributed by atoms with Crippen LogP contribution in [0.2, 0.25) is 0 Å². The first-order chi connectivity index (χ1) is 8.29. The Kier molecular flexibility index (Phi) is 9.90. The summed E-state index contributed by atoms with van der Waals surface area (Å²) >= 11 is 0. The second-order valence-corrected chi connectivity index (χ2v) is 4.31. The maximum Gasteiger partial charge on any atom is -0.0242 e. The minimum atomic E-state index is 1.17. The van der Waals surface area contributed by atoms with Gasteiger partial charge in [-0.1, -0.05) is 58.8 Å². The lowest BCUT2D eigenvalue weighted by atomic mass is 9.90. The Balaban J connectivity index is 0.00000121. The summed E-state index contributed by atoms with van der Waals surface area (Å²) in [6, 6.07) is 0. The van der Waals surface area contributed by atoms with Crippen LogP contribution in [0, 0.1) is 0 Å². The van der Waals surface area contributed by atoms with E-state index in [2.05, 4.69) is 39.0 Å². The smallest absolute Gasteiger partial charge is 0.0242 e. The van der Waals surface area contributed by atoms with E-state index in [1.165, 1.54) is 49.7 Å². The van der Waals surface area contributed by atoms with E-state index in [4.69, 9.17) is 0 Å². The van der Waals surface area contributed by atoms with Crippen LogP contribution in [-0.2, 0) is 0 Å². The maximum absolute atomic E-state index is 2.44. The van der Waals surface area contributed by atoms with Gasteiger partial charge in [-0.15, -0.1) is 0 Å². The minimum absolute atomic E-state index is 1.17. The van der Waals surface area contributed by atoms with Gasteiger partial charge in [0.2, 0.25) is 0 Å². The molecule has 98 valence electrons. The van der Waals surface area contributed by atoms with Crippen LogP contribution in [0.3, 0.4) is 0 Å². The molecule has 0 aliphatic heterocycles. The molecule has 1 rings (SSSR count). The molecule has 0 spiro atoms. The van der Waals surface area contributed by atoms with Crippen molar-refractivity contribution in [1.29, 1.82) is 0 Å². The molecule has 0 nitrogen and oxygen atoms in total. The summed E-state index contributed by atoms with van der Waals surface area (Å²) in [6.45, 7) is 10.8. The summed E-state index contributed by atoms with van der Waals surface area (Å²) in [5.41, 5.74) is 4.54. The van der Waals surface area contributed by atoms with Crippen molar-refractivity contribution >= 4 is 0 Å². The van der Waals surface area contributed by atoms with E-state index < -0.39 is 0 Å². The second kappa shape index (κ2) is 10.4. The van der Waals surface area contributed by atoms with E-state index >= 15 is 0 Å². The molecule has 0 saturated carbocycles. The fourth-order valence-electron chi connectivity index (χ4n) is 2.11. The third kappa shape index (κ3) is 5.91. The van der Waals surface area contributed by atoms with Gasteiger partial charge in [-0.05, 0) is 49.3 Å². The third-order valence-electron chi connectivity index (χ3n) is 3.07. The van der Waals surface area contributed by atoms with Crippen LogP contribution in [0.4, 0.5) is 0 Å². The van der Waals surface area contributed by atoms with Crippen molar-refractivity contribution in [3.63, 3.8) is 0 Å². The van der Waals surface area contributed by atoms with Crippen LogP contribution in [0.5, 0.6) is 0 Å². The average molecular weight is 234 g/mol. The standard InChI is InChI=1S/C15H24.C2H6/c1-4-6-7-11-14(5-2)15-12-9-8-10-13(15)3;1-2/h10-12H,4-9H2,1-3H3;1-2H3/b14-11+;. The molecule has 0 bridgehead atoms. The highest BCUT2D eigenvalue weighted by molar-refractivity contribution is 5.46. The van der Waals surface area contributed by atoms with Gasteiger partial charge in [0.25, 0.3) is 0 Å². The quantitative estimate of drug-likeness (QED) is 0.496. The zero-order valence-corrected chi connectivity index (χ0v) is 12.5. The van der Waals surface area contributed by atoms with E-state index in [1.54, 1.807) is 5.57 Å². The molecule has 0 heteroatoms. The first-order valence-corrected chi connectivity index (χ1v) is 7.36. The van der Waals surface area contributed by atoms with Gasteiger partial charge in [0.1, 0.15) is 0 Å². The lowest BCUT2D eigenvalue weighted by molar-refractivity contribution is 0.808. The van der Waals surface area contributed by atoms with E-state index in [0.717, 1.165) is 0 Å². The third-order valence-corrected chi connectivity index (χ3v) is 3.07. The molecular formula is C17H30. The van der Waals surface area contributed by atoms with Crippen molar-refractivity contribution in [3.8, 4) is 0 Å². The van der Waals surface area contributed by atoms with E-state index in [9.17, 15) is 0 Å². The molecule has 0 aromatic rings. The molecule has 1 aliphatic rings. The molecular weight excluding hydrogens is 204 g/mol.